The van der Waals surface area contributed by atoms with E-state index in [1.165, 1.54) is 4.88 Å². The number of fused-ring (bicyclic) bond motifs is 1. The van der Waals surface area contributed by atoms with Crippen molar-refractivity contribution in [3.8, 4) is 5.75 Å². The molecule has 0 unspecified atom stereocenters. The number of rotatable bonds is 7. The highest BCUT2D eigenvalue weighted by Gasteiger charge is 2.17. The summed E-state index contributed by atoms with van der Waals surface area (Å²) in [4.78, 5) is 33.0. The number of nitrogens with one attached hydrogen (secondary N) is 1. The standard InChI is InChI=1S/C20H24N4O3S/c1-5-27-16-8-6-15(7-9-16)19(26)21-10-18(25)23(4)12-17-14(3)22-20-24(17)11-13(2)28-20/h6-9,11H,5,10,12H2,1-4H3,(H,21,26). The molecule has 0 fully saturated rings. The summed E-state index contributed by atoms with van der Waals surface area (Å²) >= 11 is 1.62. The highest BCUT2D eigenvalue weighted by molar-refractivity contribution is 7.17. The van der Waals surface area contributed by atoms with Gasteiger partial charge in [-0.25, -0.2) is 4.98 Å². The monoisotopic (exact) mass is 400 g/mol. The second-order valence-electron chi connectivity index (χ2n) is 6.53. The number of imidazole rings is 1. The Labute approximate surface area is 167 Å². The van der Waals surface area contributed by atoms with Crippen LogP contribution in [0.25, 0.3) is 4.96 Å². The highest BCUT2D eigenvalue weighted by atomic mass is 32.1. The lowest BCUT2D eigenvalue weighted by Crippen LogP contribution is -2.38. The number of aromatic nitrogens is 2. The Kier molecular flexibility index (Phi) is 5.99. The van der Waals surface area contributed by atoms with Crippen LogP contribution in [0.15, 0.2) is 30.5 Å². The SMILES string of the molecule is CCOc1ccc(C(=O)NCC(=O)N(C)Cc2c(C)nc3sc(C)cn23)cc1. The van der Waals surface area contributed by atoms with Crippen molar-refractivity contribution < 1.29 is 14.3 Å². The van der Waals surface area contributed by atoms with Crippen molar-refractivity contribution in [2.24, 2.45) is 0 Å². The first-order chi connectivity index (χ1) is 13.4. The first-order valence-corrected chi connectivity index (χ1v) is 9.89. The third-order valence-corrected chi connectivity index (χ3v) is 5.28. The van der Waals surface area contributed by atoms with Crippen LogP contribution in [0.1, 0.15) is 33.5 Å². The third-order valence-electron chi connectivity index (χ3n) is 4.38. The van der Waals surface area contributed by atoms with Crippen molar-refractivity contribution in [2.45, 2.75) is 27.3 Å². The minimum Gasteiger partial charge on any atom is -0.494 e. The summed E-state index contributed by atoms with van der Waals surface area (Å²) in [7, 11) is 1.73. The van der Waals surface area contributed by atoms with Crippen molar-refractivity contribution in [3.63, 3.8) is 0 Å². The van der Waals surface area contributed by atoms with Gasteiger partial charge in [-0.2, -0.15) is 0 Å². The molecule has 7 nitrogen and oxygen atoms in total. The number of aryl methyl sites for hydroxylation is 2. The van der Waals surface area contributed by atoms with E-state index in [9.17, 15) is 9.59 Å². The maximum atomic E-state index is 12.5. The number of thiazole rings is 1. The van der Waals surface area contributed by atoms with Gasteiger partial charge < -0.3 is 15.0 Å². The van der Waals surface area contributed by atoms with E-state index < -0.39 is 0 Å². The minimum atomic E-state index is -0.291. The fourth-order valence-electron chi connectivity index (χ4n) is 2.87. The third kappa shape index (κ3) is 4.33. The largest absolute Gasteiger partial charge is 0.494 e. The summed E-state index contributed by atoms with van der Waals surface area (Å²) in [5.41, 5.74) is 2.37. The van der Waals surface area contributed by atoms with Crippen LogP contribution in [-0.4, -0.2) is 46.3 Å². The lowest BCUT2D eigenvalue weighted by atomic mass is 10.2. The number of likely N-dealkylation sites (N-methyl/N-ethyl adjacent to an activating group) is 1. The molecular weight excluding hydrogens is 376 g/mol. The number of carbonyl (C=O) groups is 2. The summed E-state index contributed by atoms with van der Waals surface area (Å²) in [6.45, 7) is 6.81. The zero-order chi connectivity index (χ0) is 20.3. The number of nitrogens with zero attached hydrogens (tertiary/aromatic N) is 3. The summed E-state index contributed by atoms with van der Waals surface area (Å²) in [5.74, 6) is 0.253. The number of carbonyl (C=O) groups excluding carboxylic acids is 2. The molecule has 0 radical (unpaired) electrons. The van der Waals surface area contributed by atoms with Crippen molar-refractivity contribution in [1.82, 2.24) is 19.6 Å². The van der Waals surface area contributed by atoms with Gasteiger partial charge in [-0.3, -0.25) is 14.0 Å². The fraction of sp³-hybridized carbons (Fsp3) is 0.350. The normalized spacial score (nSPS) is 10.9. The molecule has 3 aromatic rings. The van der Waals surface area contributed by atoms with Crippen LogP contribution in [0.4, 0.5) is 0 Å². The average molecular weight is 401 g/mol. The molecule has 0 aliphatic carbocycles. The first-order valence-electron chi connectivity index (χ1n) is 9.08. The lowest BCUT2D eigenvalue weighted by Gasteiger charge is -2.17. The van der Waals surface area contributed by atoms with E-state index in [-0.39, 0.29) is 18.4 Å². The number of benzene rings is 1. The Morgan fingerprint density at radius 3 is 2.64 bits per heavy atom. The van der Waals surface area contributed by atoms with Crippen molar-refractivity contribution in [1.29, 1.82) is 0 Å². The zero-order valence-electron chi connectivity index (χ0n) is 16.5. The van der Waals surface area contributed by atoms with E-state index in [1.807, 2.05) is 31.4 Å². The predicted octanol–water partition coefficient (Wildman–Crippen LogP) is 2.80. The van der Waals surface area contributed by atoms with Crippen LogP contribution in [-0.2, 0) is 11.3 Å². The molecule has 28 heavy (non-hydrogen) atoms. The smallest absolute Gasteiger partial charge is 0.251 e. The second kappa shape index (κ2) is 8.43. The van der Waals surface area contributed by atoms with Crippen LogP contribution in [0, 0.1) is 13.8 Å². The van der Waals surface area contributed by atoms with Gasteiger partial charge in [0, 0.05) is 23.7 Å². The maximum Gasteiger partial charge on any atom is 0.251 e. The molecule has 1 aromatic carbocycles. The highest BCUT2D eigenvalue weighted by Crippen LogP contribution is 2.21. The van der Waals surface area contributed by atoms with Gasteiger partial charge in [0.2, 0.25) is 5.91 Å². The van der Waals surface area contributed by atoms with Gasteiger partial charge in [0.1, 0.15) is 5.75 Å². The van der Waals surface area contributed by atoms with E-state index in [0.717, 1.165) is 16.3 Å². The molecule has 3 rings (SSSR count). The van der Waals surface area contributed by atoms with Gasteiger partial charge in [-0.05, 0) is 45.0 Å². The molecule has 0 saturated carbocycles. The molecule has 2 amide bonds. The van der Waals surface area contributed by atoms with Crippen LogP contribution in [0.5, 0.6) is 5.75 Å². The zero-order valence-corrected chi connectivity index (χ0v) is 17.3. The number of ether oxygens (including phenoxy) is 1. The Balaban J connectivity index is 1.57. The van der Waals surface area contributed by atoms with E-state index in [2.05, 4.69) is 10.3 Å². The van der Waals surface area contributed by atoms with Crippen molar-refractivity contribution >= 4 is 28.1 Å². The minimum absolute atomic E-state index is 0.0633. The number of hydrogen-bond acceptors (Lipinski definition) is 5. The molecule has 0 atom stereocenters. The van der Waals surface area contributed by atoms with Gasteiger partial charge in [0.15, 0.2) is 4.96 Å². The van der Waals surface area contributed by atoms with E-state index >= 15 is 0 Å². The molecule has 0 aliphatic rings. The Bertz CT molecular complexity index is 991. The van der Waals surface area contributed by atoms with Gasteiger partial charge >= 0.3 is 0 Å². The molecule has 148 valence electrons. The van der Waals surface area contributed by atoms with Crippen LogP contribution < -0.4 is 10.1 Å². The predicted molar refractivity (Wildman–Crippen MR) is 109 cm³/mol. The van der Waals surface area contributed by atoms with Gasteiger partial charge in [-0.1, -0.05) is 0 Å². The summed E-state index contributed by atoms with van der Waals surface area (Å²) in [6, 6.07) is 6.84. The average Bonchev–Trinajstić information content (AvgIpc) is 3.16. The molecule has 0 saturated heterocycles. The molecular formula is C20H24N4O3S. The lowest BCUT2D eigenvalue weighted by molar-refractivity contribution is -0.129. The van der Waals surface area contributed by atoms with Crippen molar-refractivity contribution in [2.75, 3.05) is 20.2 Å². The molecule has 0 aliphatic heterocycles. The Morgan fingerprint density at radius 1 is 1.25 bits per heavy atom. The van der Waals surface area contributed by atoms with E-state index in [1.54, 1.807) is 47.5 Å². The van der Waals surface area contributed by atoms with E-state index in [4.69, 9.17) is 4.74 Å². The topological polar surface area (TPSA) is 75.9 Å². The van der Waals surface area contributed by atoms with E-state index in [0.29, 0.717) is 24.5 Å². The molecule has 0 bridgehead atoms. The first kappa shape index (κ1) is 19.9. The maximum absolute atomic E-state index is 12.5. The van der Waals surface area contributed by atoms with Gasteiger partial charge in [0.05, 0.1) is 31.1 Å². The molecule has 2 aromatic heterocycles. The summed E-state index contributed by atoms with van der Waals surface area (Å²) in [6.07, 6.45) is 2.03. The summed E-state index contributed by atoms with van der Waals surface area (Å²) in [5, 5.41) is 2.68. The second-order valence-corrected chi connectivity index (χ2v) is 7.74. The summed E-state index contributed by atoms with van der Waals surface area (Å²) < 4.78 is 7.39. The molecule has 1 N–H and O–H groups in total. The van der Waals surface area contributed by atoms with Crippen LogP contribution >= 0.6 is 11.3 Å². The van der Waals surface area contributed by atoms with Gasteiger partial charge in [-0.15, -0.1) is 11.3 Å². The Hall–Kier alpha value is -2.87. The van der Waals surface area contributed by atoms with Crippen LogP contribution in [0.3, 0.4) is 0 Å². The molecule has 2 heterocycles. The fourth-order valence-corrected chi connectivity index (χ4v) is 3.76. The van der Waals surface area contributed by atoms with Gasteiger partial charge in [0.25, 0.3) is 5.91 Å². The molecule has 0 spiro atoms. The van der Waals surface area contributed by atoms with Crippen molar-refractivity contribution in [3.05, 3.63) is 52.3 Å². The number of amides is 2. The number of hydrogen-bond donors (Lipinski definition) is 1. The Morgan fingerprint density at radius 2 is 1.96 bits per heavy atom. The van der Waals surface area contributed by atoms with Crippen LogP contribution in [0.2, 0.25) is 0 Å². The molecule has 8 heteroatoms. The quantitative estimate of drug-likeness (QED) is 0.662.